The zero-order valence-electron chi connectivity index (χ0n) is 13.3. The average molecular weight is 342 g/mol. The Morgan fingerprint density at radius 1 is 1.12 bits per heavy atom. The molecule has 0 unspecified atom stereocenters. The summed E-state index contributed by atoms with van der Waals surface area (Å²) in [7, 11) is 0. The van der Waals surface area contributed by atoms with Crippen LogP contribution in [-0.4, -0.2) is 25.4 Å². The number of carbonyl (C=O) groups is 1. The number of hydrogen-bond donors (Lipinski definition) is 1. The fourth-order valence-corrected chi connectivity index (χ4v) is 2.33. The van der Waals surface area contributed by atoms with Crippen molar-refractivity contribution in [3.8, 4) is 5.95 Å². The fraction of sp³-hybridized carbons (Fsp3) is 0.176. The Morgan fingerprint density at radius 3 is 2.38 bits per heavy atom. The number of rotatable bonds is 4. The first-order valence-corrected chi connectivity index (χ1v) is 7.78. The lowest BCUT2D eigenvalue weighted by Crippen LogP contribution is -2.15. The number of amides is 1. The van der Waals surface area contributed by atoms with E-state index < -0.39 is 0 Å². The average Bonchev–Trinajstić information content (AvgIpc) is 2.90. The number of nitrogens with zero attached hydrogens (tertiary/aromatic N) is 4. The van der Waals surface area contributed by atoms with E-state index in [9.17, 15) is 4.79 Å². The SMILES string of the molecule is Cc1ncn(-c2ncc(NC(=O)Cc3ccc(Cl)cc3)cn2)c1C. The molecule has 1 aromatic carbocycles. The lowest BCUT2D eigenvalue weighted by atomic mass is 10.1. The van der Waals surface area contributed by atoms with Crippen molar-refractivity contribution in [2.24, 2.45) is 0 Å². The zero-order chi connectivity index (χ0) is 17.1. The van der Waals surface area contributed by atoms with Crippen molar-refractivity contribution in [1.82, 2.24) is 19.5 Å². The Bertz CT molecular complexity index is 856. The number of hydrogen-bond acceptors (Lipinski definition) is 4. The van der Waals surface area contributed by atoms with Crippen molar-refractivity contribution >= 4 is 23.2 Å². The van der Waals surface area contributed by atoms with Gasteiger partial charge in [0.25, 0.3) is 0 Å². The van der Waals surface area contributed by atoms with E-state index in [4.69, 9.17) is 11.6 Å². The van der Waals surface area contributed by atoms with Crippen LogP contribution in [0.1, 0.15) is 17.0 Å². The van der Waals surface area contributed by atoms with Crippen LogP contribution in [0.3, 0.4) is 0 Å². The second kappa shape index (κ2) is 6.80. The Hall–Kier alpha value is -2.73. The number of benzene rings is 1. The lowest BCUT2D eigenvalue weighted by molar-refractivity contribution is -0.115. The molecule has 2 heterocycles. The van der Waals surface area contributed by atoms with E-state index >= 15 is 0 Å². The molecule has 122 valence electrons. The highest BCUT2D eigenvalue weighted by atomic mass is 35.5. The summed E-state index contributed by atoms with van der Waals surface area (Å²) >= 11 is 5.83. The van der Waals surface area contributed by atoms with Crippen molar-refractivity contribution in [2.45, 2.75) is 20.3 Å². The van der Waals surface area contributed by atoms with Gasteiger partial charge in [-0.25, -0.2) is 15.0 Å². The first-order chi connectivity index (χ1) is 11.5. The van der Waals surface area contributed by atoms with Gasteiger partial charge in [0.1, 0.15) is 6.33 Å². The quantitative estimate of drug-likeness (QED) is 0.791. The molecular formula is C17H16ClN5O. The highest BCUT2D eigenvalue weighted by molar-refractivity contribution is 6.30. The molecule has 0 saturated heterocycles. The van der Waals surface area contributed by atoms with Gasteiger partial charge < -0.3 is 5.32 Å². The van der Waals surface area contributed by atoms with Gasteiger partial charge in [0, 0.05) is 10.7 Å². The van der Waals surface area contributed by atoms with Crippen LogP contribution >= 0.6 is 11.6 Å². The third-order valence-corrected chi connectivity index (χ3v) is 3.92. The Kier molecular flexibility index (Phi) is 4.57. The predicted octanol–water partition coefficient (Wildman–Crippen LogP) is 3.11. The highest BCUT2D eigenvalue weighted by Gasteiger charge is 2.08. The molecule has 0 spiro atoms. The number of aryl methyl sites for hydroxylation is 1. The molecule has 0 aliphatic rings. The van der Waals surface area contributed by atoms with Crippen molar-refractivity contribution < 1.29 is 4.79 Å². The number of halogens is 1. The Balaban J connectivity index is 1.66. The summed E-state index contributed by atoms with van der Waals surface area (Å²) in [6.45, 7) is 3.88. The Labute approximate surface area is 144 Å². The van der Waals surface area contributed by atoms with Gasteiger partial charge in [-0.3, -0.25) is 9.36 Å². The second-order valence-corrected chi connectivity index (χ2v) is 5.84. The van der Waals surface area contributed by atoms with Crippen LogP contribution in [0, 0.1) is 13.8 Å². The van der Waals surface area contributed by atoms with Crippen LogP contribution in [0.25, 0.3) is 5.95 Å². The summed E-state index contributed by atoms with van der Waals surface area (Å²) in [5, 5.41) is 3.43. The molecule has 0 atom stereocenters. The maximum Gasteiger partial charge on any atom is 0.235 e. The van der Waals surface area contributed by atoms with E-state index in [1.165, 1.54) is 0 Å². The number of aromatic nitrogens is 4. The molecule has 3 aromatic rings. The van der Waals surface area contributed by atoms with E-state index in [1.54, 1.807) is 35.4 Å². The number of imidazole rings is 1. The van der Waals surface area contributed by atoms with E-state index in [0.717, 1.165) is 17.0 Å². The maximum atomic E-state index is 12.1. The lowest BCUT2D eigenvalue weighted by Gasteiger charge is -2.07. The van der Waals surface area contributed by atoms with Crippen LogP contribution in [0.4, 0.5) is 5.69 Å². The van der Waals surface area contributed by atoms with Gasteiger partial charge in [-0.15, -0.1) is 0 Å². The van der Waals surface area contributed by atoms with Crippen molar-refractivity contribution in [2.75, 3.05) is 5.32 Å². The number of nitrogens with one attached hydrogen (secondary N) is 1. The molecule has 0 fully saturated rings. The van der Waals surface area contributed by atoms with E-state index in [-0.39, 0.29) is 12.3 Å². The van der Waals surface area contributed by atoms with Gasteiger partial charge in [-0.05, 0) is 31.5 Å². The molecule has 0 radical (unpaired) electrons. The molecule has 1 N–H and O–H groups in total. The summed E-state index contributed by atoms with van der Waals surface area (Å²) < 4.78 is 1.80. The largest absolute Gasteiger partial charge is 0.323 e. The van der Waals surface area contributed by atoms with Gasteiger partial charge in [0.15, 0.2) is 0 Å². The molecule has 0 bridgehead atoms. The smallest absolute Gasteiger partial charge is 0.235 e. The van der Waals surface area contributed by atoms with Gasteiger partial charge in [0.2, 0.25) is 11.9 Å². The van der Waals surface area contributed by atoms with Crippen molar-refractivity contribution in [1.29, 1.82) is 0 Å². The van der Waals surface area contributed by atoms with Crippen LogP contribution in [0.15, 0.2) is 43.0 Å². The highest BCUT2D eigenvalue weighted by Crippen LogP contribution is 2.13. The summed E-state index contributed by atoms with van der Waals surface area (Å²) in [5.74, 6) is 0.382. The minimum atomic E-state index is -0.136. The van der Waals surface area contributed by atoms with Gasteiger partial charge in [-0.2, -0.15) is 0 Å². The molecule has 6 nitrogen and oxygen atoms in total. The first kappa shape index (κ1) is 16.1. The van der Waals surface area contributed by atoms with Gasteiger partial charge >= 0.3 is 0 Å². The molecule has 1 amide bonds. The molecule has 7 heteroatoms. The molecular weight excluding hydrogens is 326 g/mol. The van der Waals surface area contributed by atoms with Crippen LogP contribution in [-0.2, 0) is 11.2 Å². The summed E-state index contributed by atoms with van der Waals surface area (Å²) in [6.07, 6.45) is 5.10. The van der Waals surface area contributed by atoms with Gasteiger partial charge in [0.05, 0.1) is 30.2 Å². The van der Waals surface area contributed by atoms with Crippen molar-refractivity contribution in [3.63, 3.8) is 0 Å². The van der Waals surface area contributed by atoms with E-state index in [2.05, 4.69) is 20.3 Å². The topological polar surface area (TPSA) is 72.7 Å². The summed E-state index contributed by atoms with van der Waals surface area (Å²) in [4.78, 5) is 24.8. The fourth-order valence-electron chi connectivity index (χ4n) is 2.20. The van der Waals surface area contributed by atoms with Crippen LogP contribution in [0.5, 0.6) is 0 Å². The molecule has 24 heavy (non-hydrogen) atoms. The minimum Gasteiger partial charge on any atom is -0.323 e. The van der Waals surface area contributed by atoms with Gasteiger partial charge in [-0.1, -0.05) is 23.7 Å². The number of carbonyl (C=O) groups excluding carboxylic acids is 1. The standard InChI is InChI=1S/C17H16ClN5O/c1-11-12(2)23(10-21-11)17-19-8-15(9-20-17)22-16(24)7-13-3-5-14(18)6-4-13/h3-6,8-10H,7H2,1-2H3,(H,22,24). The summed E-state index contributed by atoms with van der Waals surface area (Å²) in [6, 6.07) is 7.17. The molecule has 0 aliphatic carbocycles. The molecule has 2 aromatic heterocycles. The predicted molar refractivity (Wildman–Crippen MR) is 92.4 cm³/mol. The van der Waals surface area contributed by atoms with Crippen molar-refractivity contribution in [3.05, 3.63) is 65.0 Å². The molecule has 0 aliphatic heterocycles. The van der Waals surface area contributed by atoms with E-state index in [1.807, 2.05) is 26.0 Å². The summed E-state index contributed by atoms with van der Waals surface area (Å²) in [5.41, 5.74) is 3.35. The zero-order valence-corrected chi connectivity index (χ0v) is 14.1. The van der Waals surface area contributed by atoms with Crippen LogP contribution < -0.4 is 5.32 Å². The first-order valence-electron chi connectivity index (χ1n) is 7.40. The third kappa shape index (κ3) is 3.60. The number of anilines is 1. The monoisotopic (exact) mass is 341 g/mol. The molecule has 3 rings (SSSR count). The minimum absolute atomic E-state index is 0.136. The maximum absolute atomic E-state index is 12.1. The van der Waals surface area contributed by atoms with E-state index in [0.29, 0.717) is 16.7 Å². The van der Waals surface area contributed by atoms with Crippen LogP contribution in [0.2, 0.25) is 5.02 Å². The normalized spacial score (nSPS) is 10.6. The third-order valence-electron chi connectivity index (χ3n) is 3.67. The Morgan fingerprint density at radius 2 is 1.79 bits per heavy atom. The second-order valence-electron chi connectivity index (χ2n) is 5.41. The molecule has 0 saturated carbocycles.